The van der Waals surface area contributed by atoms with Gasteiger partial charge in [-0.2, -0.15) is 0 Å². The van der Waals surface area contributed by atoms with Gasteiger partial charge in [-0.3, -0.25) is 0 Å². The summed E-state index contributed by atoms with van der Waals surface area (Å²) in [6.45, 7) is 10.3. The summed E-state index contributed by atoms with van der Waals surface area (Å²) in [5.41, 5.74) is 0. The van der Waals surface area contributed by atoms with Gasteiger partial charge in [0.05, 0.1) is 0 Å². The fourth-order valence-electron chi connectivity index (χ4n) is 3.23. The van der Waals surface area contributed by atoms with E-state index in [-0.39, 0.29) is 0 Å². The molecule has 0 aliphatic heterocycles. The summed E-state index contributed by atoms with van der Waals surface area (Å²) in [6.07, 6.45) is 6.86. The van der Waals surface area contributed by atoms with Crippen LogP contribution in [0.5, 0.6) is 0 Å². The molecule has 3 atom stereocenters. The Balaban J connectivity index is 2.30. The molecule has 0 radical (unpaired) electrons. The lowest BCUT2D eigenvalue weighted by Crippen LogP contribution is -2.34. The van der Waals surface area contributed by atoms with Crippen LogP contribution in [0.3, 0.4) is 0 Å². The minimum absolute atomic E-state index is 0.763. The van der Waals surface area contributed by atoms with Gasteiger partial charge >= 0.3 is 0 Å². The molecule has 1 aliphatic rings. The third-order valence-corrected chi connectivity index (χ3v) is 4.28. The molecular weight excluding hydrogens is 222 g/mol. The molecule has 1 fully saturated rings. The lowest BCUT2D eigenvalue weighted by molar-refractivity contribution is 0.144. The highest BCUT2D eigenvalue weighted by atomic mass is 16.5. The van der Waals surface area contributed by atoms with Crippen LogP contribution in [0.1, 0.15) is 52.9 Å². The third-order valence-electron chi connectivity index (χ3n) is 4.28. The smallest absolute Gasteiger partial charge is 0.0462 e. The van der Waals surface area contributed by atoms with Crippen LogP contribution in [0.15, 0.2) is 0 Å². The van der Waals surface area contributed by atoms with Crippen LogP contribution in [-0.4, -0.2) is 26.8 Å². The van der Waals surface area contributed by atoms with E-state index >= 15 is 0 Å². The lowest BCUT2D eigenvalue weighted by atomic mass is 9.73. The SMILES string of the molecule is COCCCC1CC(C)CCC1CNCC(C)C. The molecule has 0 aromatic rings. The molecule has 0 amide bonds. The van der Waals surface area contributed by atoms with Gasteiger partial charge in [0, 0.05) is 13.7 Å². The van der Waals surface area contributed by atoms with Crippen molar-refractivity contribution in [1.82, 2.24) is 5.32 Å². The predicted octanol–water partition coefficient (Wildman–Crippen LogP) is 3.71. The largest absolute Gasteiger partial charge is 0.385 e. The predicted molar refractivity (Wildman–Crippen MR) is 78.8 cm³/mol. The first-order valence-electron chi connectivity index (χ1n) is 7.83. The number of methoxy groups -OCH3 is 1. The summed E-state index contributed by atoms with van der Waals surface area (Å²) in [5.74, 6) is 3.51. The topological polar surface area (TPSA) is 21.3 Å². The highest BCUT2D eigenvalue weighted by Crippen LogP contribution is 2.36. The van der Waals surface area contributed by atoms with Crippen molar-refractivity contribution in [3.63, 3.8) is 0 Å². The van der Waals surface area contributed by atoms with E-state index in [0.717, 1.165) is 36.8 Å². The average molecular weight is 255 g/mol. The molecule has 1 aliphatic carbocycles. The van der Waals surface area contributed by atoms with Gasteiger partial charge in [-0.05, 0) is 62.4 Å². The van der Waals surface area contributed by atoms with E-state index in [1.54, 1.807) is 0 Å². The average Bonchev–Trinajstić information content (AvgIpc) is 2.32. The molecule has 0 spiro atoms. The van der Waals surface area contributed by atoms with Crippen molar-refractivity contribution in [1.29, 1.82) is 0 Å². The Morgan fingerprint density at radius 2 is 2.00 bits per heavy atom. The summed E-state index contributed by atoms with van der Waals surface area (Å²) in [5, 5.41) is 3.66. The van der Waals surface area contributed by atoms with Crippen LogP contribution in [0.2, 0.25) is 0 Å². The van der Waals surface area contributed by atoms with Crippen LogP contribution in [0.25, 0.3) is 0 Å². The zero-order chi connectivity index (χ0) is 13.4. The number of hydrogen-bond donors (Lipinski definition) is 1. The van der Waals surface area contributed by atoms with Crippen molar-refractivity contribution < 1.29 is 4.74 Å². The molecule has 1 rings (SSSR count). The Labute approximate surface area is 114 Å². The van der Waals surface area contributed by atoms with Gasteiger partial charge < -0.3 is 10.1 Å². The number of rotatable bonds is 8. The number of nitrogens with one attached hydrogen (secondary N) is 1. The molecule has 0 aromatic heterocycles. The standard InChI is InChI=1S/C16H33NO/c1-13(2)11-17-12-16-8-7-14(3)10-15(16)6-5-9-18-4/h13-17H,5-12H2,1-4H3. The molecule has 18 heavy (non-hydrogen) atoms. The molecule has 0 aromatic carbocycles. The molecule has 2 nitrogen and oxygen atoms in total. The fourth-order valence-corrected chi connectivity index (χ4v) is 3.23. The number of hydrogen-bond acceptors (Lipinski definition) is 2. The van der Waals surface area contributed by atoms with E-state index in [4.69, 9.17) is 4.74 Å². The first kappa shape index (κ1) is 16.0. The molecular formula is C16H33NO. The highest BCUT2D eigenvalue weighted by molar-refractivity contribution is 4.80. The molecule has 2 heteroatoms. The van der Waals surface area contributed by atoms with Crippen molar-refractivity contribution in [2.24, 2.45) is 23.7 Å². The second-order valence-electron chi connectivity index (χ2n) is 6.63. The van der Waals surface area contributed by atoms with E-state index in [9.17, 15) is 0 Å². The van der Waals surface area contributed by atoms with Gasteiger partial charge in [0.15, 0.2) is 0 Å². The second kappa shape index (κ2) is 8.92. The summed E-state index contributed by atoms with van der Waals surface area (Å²) >= 11 is 0. The minimum atomic E-state index is 0.763. The van der Waals surface area contributed by atoms with Crippen molar-refractivity contribution in [2.45, 2.75) is 52.9 Å². The second-order valence-corrected chi connectivity index (χ2v) is 6.63. The monoisotopic (exact) mass is 255 g/mol. The maximum atomic E-state index is 5.19. The van der Waals surface area contributed by atoms with Gasteiger partial charge in [-0.15, -0.1) is 0 Å². The summed E-state index contributed by atoms with van der Waals surface area (Å²) in [7, 11) is 1.81. The van der Waals surface area contributed by atoms with E-state index in [0.29, 0.717) is 0 Å². The van der Waals surface area contributed by atoms with E-state index < -0.39 is 0 Å². The van der Waals surface area contributed by atoms with Gasteiger partial charge in [-0.1, -0.05) is 27.2 Å². The highest BCUT2D eigenvalue weighted by Gasteiger charge is 2.27. The first-order chi connectivity index (χ1) is 8.63. The van der Waals surface area contributed by atoms with Crippen LogP contribution < -0.4 is 5.32 Å². The fraction of sp³-hybridized carbons (Fsp3) is 1.00. The summed E-state index contributed by atoms with van der Waals surface area (Å²) in [6, 6.07) is 0. The molecule has 1 saturated carbocycles. The van der Waals surface area contributed by atoms with Gasteiger partial charge in [-0.25, -0.2) is 0 Å². The van der Waals surface area contributed by atoms with Gasteiger partial charge in [0.25, 0.3) is 0 Å². The minimum Gasteiger partial charge on any atom is -0.385 e. The van der Waals surface area contributed by atoms with E-state index in [1.165, 1.54) is 38.6 Å². The van der Waals surface area contributed by atoms with Crippen molar-refractivity contribution in [2.75, 3.05) is 26.8 Å². The van der Waals surface area contributed by atoms with Crippen LogP contribution in [0, 0.1) is 23.7 Å². The zero-order valence-electron chi connectivity index (χ0n) is 12.9. The third kappa shape index (κ3) is 6.19. The van der Waals surface area contributed by atoms with E-state index in [1.807, 2.05) is 7.11 Å². The Hall–Kier alpha value is -0.0800. The molecule has 108 valence electrons. The zero-order valence-corrected chi connectivity index (χ0v) is 12.9. The van der Waals surface area contributed by atoms with Gasteiger partial charge in [0.1, 0.15) is 0 Å². The van der Waals surface area contributed by atoms with Crippen LogP contribution >= 0.6 is 0 Å². The Bertz CT molecular complexity index is 205. The van der Waals surface area contributed by atoms with Crippen molar-refractivity contribution in [3.05, 3.63) is 0 Å². The number of ether oxygens (including phenoxy) is 1. The van der Waals surface area contributed by atoms with Crippen molar-refractivity contribution in [3.8, 4) is 0 Å². The van der Waals surface area contributed by atoms with E-state index in [2.05, 4.69) is 26.1 Å². The quantitative estimate of drug-likeness (QED) is 0.668. The molecule has 1 N–H and O–H groups in total. The Morgan fingerprint density at radius 1 is 1.22 bits per heavy atom. The maximum absolute atomic E-state index is 5.19. The molecule has 0 heterocycles. The van der Waals surface area contributed by atoms with Gasteiger partial charge in [0.2, 0.25) is 0 Å². The normalized spacial score (nSPS) is 28.8. The summed E-state index contributed by atoms with van der Waals surface area (Å²) in [4.78, 5) is 0. The molecule has 0 saturated heterocycles. The molecule has 0 bridgehead atoms. The molecule has 3 unspecified atom stereocenters. The van der Waals surface area contributed by atoms with Crippen molar-refractivity contribution >= 4 is 0 Å². The summed E-state index contributed by atoms with van der Waals surface area (Å²) < 4.78 is 5.19. The van der Waals surface area contributed by atoms with Crippen LogP contribution in [-0.2, 0) is 4.74 Å². The lowest BCUT2D eigenvalue weighted by Gasteiger charge is -2.35. The first-order valence-corrected chi connectivity index (χ1v) is 7.83. The van der Waals surface area contributed by atoms with Crippen LogP contribution in [0.4, 0.5) is 0 Å². The maximum Gasteiger partial charge on any atom is 0.0462 e. The Kier molecular flexibility index (Phi) is 7.92. The Morgan fingerprint density at radius 3 is 2.67 bits per heavy atom.